The molecule has 1 saturated heterocycles. The van der Waals surface area contributed by atoms with E-state index in [0.29, 0.717) is 5.92 Å². The van der Waals surface area contributed by atoms with E-state index >= 15 is 0 Å². The molecule has 2 atom stereocenters. The maximum Gasteiger partial charge on any atom is 0.326 e. The fourth-order valence-electron chi connectivity index (χ4n) is 3.74. The highest BCUT2D eigenvalue weighted by atomic mass is 16.5. The van der Waals surface area contributed by atoms with E-state index in [1.807, 2.05) is 0 Å². The van der Waals surface area contributed by atoms with Gasteiger partial charge in [0.05, 0.1) is 20.3 Å². The highest BCUT2D eigenvalue weighted by Gasteiger charge is 2.49. The number of esters is 1. The monoisotopic (exact) mass is 298 g/mol. The van der Waals surface area contributed by atoms with E-state index in [4.69, 9.17) is 9.47 Å². The van der Waals surface area contributed by atoms with Crippen LogP contribution in [-0.4, -0.2) is 62.9 Å². The van der Waals surface area contributed by atoms with Crippen LogP contribution in [0.1, 0.15) is 39.0 Å². The first-order valence-corrected chi connectivity index (χ1v) is 8.36. The molecule has 122 valence electrons. The van der Waals surface area contributed by atoms with Crippen molar-refractivity contribution < 1.29 is 14.3 Å². The molecular formula is C16H30N2O3. The van der Waals surface area contributed by atoms with Crippen LogP contribution >= 0.6 is 0 Å². The number of hydrogen-bond donors (Lipinski definition) is 1. The first-order valence-electron chi connectivity index (χ1n) is 8.36. The number of methoxy groups -OCH3 is 1. The van der Waals surface area contributed by atoms with Crippen molar-refractivity contribution in [3.63, 3.8) is 0 Å². The second-order valence-electron chi connectivity index (χ2n) is 6.22. The van der Waals surface area contributed by atoms with E-state index in [2.05, 4.69) is 17.1 Å². The molecule has 2 rings (SSSR count). The zero-order valence-electron chi connectivity index (χ0n) is 13.5. The number of hydrogen-bond acceptors (Lipinski definition) is 5. The highest BCUT2D eigenvalue weighted by molar-refractivity contribution is 5.81. The molecule has 2 fully saturated rings. The van der Waals surface area contributed by atoms with Gasteiger partial charge in [0.25, 0.3) is 0 Å². The van der Waals surface area contributed by atoms with Crippen molar-refractivity contribution in [3.8, 4) is 0 Å². The third-order valence-corrected chi connectivity index (χ3v) is 4.96. The van der Waals surface area contributed by atoms with Crippen LogP contribution in [0.15, 0.2) is 0 Å². The Morgan fingerprint density at radius 2 is 2.19 bits per heavy atom. The van der Waals surface area contributed by atoms with Gasteiger partial charge in [-0.2, -0.15) is 0 Å². The number of carbonyl (C=O) groups excluding carboxylic acids is 1. The predicted molar refractivity (Wildman–Crippen MR) is 82.3 cm³/mol. The fourth-order valence-corrected chi connectivity index (χ4v) is 3.74. The molecular weight excluding hydrogens is 268 g/mol. The van der Waals surface area contributed by atoms with E-state index < -0.39 is 5.54 Å². The van der Waals surface area contributed by atoms with Gasteiger partial charge in [0.1, 0.15) is 5.54 Å². The number of nitrogens with one attached hydrogen (secondary N) is 1. The maximum atomic E-state index is 12.4. The summed E-state index contributed by atoms with van der Waals surface area (Å²) >= 11 is 0. The van der Waals surface area contributed by atoms with Crippen molar-refractivity contribution in [3.05, 3.63) is 0 Å². The molecule has 0 bridgehead atoms. The zero-order valence-corrected chi connectivity index (χ0v) is 13.5. The van der Waals surface area contributed by atoms with Gasteiger partial charge in [-0.25, -0.2) is 0 Å². The Morgan fingerprint density at radius 1 is 1.43 bits per heavy atom. The van der Waals surface area contributed by atoms with Crippen molar-refractivity contribution in [1.82, 2.24) is 10.2 Å². The average molecular weight is 298 g/mol. The summed E-state index contributed by atoms with van der Waals surface area (Å²) in [5.74, 6) is 0.319. The summed E-state index contributed by atoms with van der Waals surface area (Å²) in [6, 6.07) is 0. The van der Waals surface area contributed by atoms with Crippen LogP contribution in [0, 0.1) is 5.92 Å². The number of nitrogens with zero attached hydrogens (tertiary/aromatic N) is 1. The second kappa shape index (κ2) is 8.11. The molecule has 0 radical (unpaired) electrons. The van der Waals surface area contributed by atoms with Crippen molar-refractivity contribution in [2.45, 2.75) is 44.6 Å². The van der Waals surface area contributed by atoms with E-state index in [1.54, 1.807) is 0 Å². The molecule has 1 saturated carbocycles. The molecule has 5 nitrogen and oxygen atoms in total. The van der Waals surface area contributed by atoms with E-state index in [1.165, 1.54) is 7.11 Å². The molecule has 0 aromatic carbocycles. The molecule has 1 N–H and O–H groups in total. The molecule has 0 amide bonds. The minimum absolute atomic E-state index is 0.0690. The lowest BCUT2D eigenvalue weighted by Crippen LogP contribution is -2.56. The van der Waals surface area contributed by atoms with Gasteiger partial charge < -0.3 is 14.8 Å². The minimum atomic E-state index is -0.447. The quantitative estimate of drug-likeness (QED) is 0.720. The van der Waals surface area contributed by atoms with Crippen LogP contribution in [-0.2, 0) is 14.3 Å². The lowest BCUT2D eigenvalue weighted by atomic mass is 9.84. The summed E-state index contributed by atoms with van der Waals surface area (Å²) < 4.78 is 10.5. The van der Waals surface area contributed by atoms with Crippen LogP contribution in [0.3, 0.4) is 0 Å². The van der Waals surface area contributed by atoms with E-state index in [0.717, 1.165) is 71.5 Å². The van der Waals surface area contributed by atoms with Gasteiger partial charge in [-0.3, -0.25) is 9.69 Å². The largest absolute Gasteiger partial charge is 0.468 e. The van der Waals surface area contributed by atoms with Gasteiger partial charge in [0.15, 0.2) is 0 Å². The standard InChI is InChI=1S/C16H30N2O3/c1-3-8-17-16(15(19)20-2)7-4-5-14(16)6-9-18-10-12-21-13-11-18/h14,17H,3-13H2,1-2H3. The number of carbonyl (C=O) groups is 1. The smallest absolute Gasteiger partial charge is 0.326 e. The topological polar surface area (TPSA) is 50.8 Å². The first-order chi connectivity index (χ1) is 10.2. The Bertz CT molecular complexity index is 331. The molecule has 0 aromatic rings. The summed E-state index contributed by atoms with van der Waals surface area (Å²) in [4.78, 5) is 14.8. The molecule has 2 aliphatic rings. The number of rotatable bonds is 7. The molecule has 1 heterocycles. The Hall–Kier alpha value is -0.650. The Balaban J connectivity index is 1.95. The summed E-state index contributed by atoms with van der Waals surface area (Å²) in [6.07, 6.45) is 5.24. The molecule has 21 heavy (non-hydrogen) atoms. The van der Waals surface area contributed by atoms with Gasteiger partial charge in [-0.05, 0) is 44.7 Å². The highest BCUT2D eigenvalue weighted by Crippen LogP contribution is 2.39. The van der Waals surface area contributed by atoms with Crippen LogP contribution in [0.25, 0.3) is 0 Å². The van der Waals surface area contributed by atoms with Crippen molar-refractivity contribution in [2.24, 2.45) is 5.92 Å². The van der Waals surface area contributed by atoms with Gasteiger partial charge in [-0.15, -0.1) is 0 Å². The molecule has 5 heteroatoms. The van der Waals surface area contributed by atoms with Gasteiger partial charge in [0.2, 0.25) is 0 Å². The average Bonchev–Trinajstić information content (AvgIpc) is 2.95. The lowest BCUT2D eigenvalue weighted by molar-refractivity contribution is -0.150. The van der Waals surface area contributed by atoms with Crippen LogP contribution in [0.4, 0.5) is 0 Å². The van der Waals surface area contributed by atoms with Crippen LogP contribution in [0.5, 0.6) is 0 Å². The summed E-state index contributed by atoms with van der Waals surface area (Å²) in [5.41, 5.74) is -0.447. The Labute approximate surface area is 128 Å². The normalized spacial score (nSPS) is 30.5. The van der Waals surface area contributed by atoms with Crippen molar-refractivity contribution >= 4 is 5.97 Å². The van der Waals surface area contributed by atoms with Crippen LogP contribution < -0.4 is 5.32 Å². The third-order valence-electron chi connectivity index (χ3n) is 4.96. The predicted octanol–water partition coefficient (Wildman–Crippen LogP) is 1.42. The summed E-state index contributed by atoms with van der Waals surface area (Å²) in [5, 5.41) is 3.52. The van der Waals surface area contributed by atoms with E-state index in [9.17, 15) is 4.79 Å². The maximum absolute atomic E-state index is 12.4. The summed E-state index contributed by atoms with van der Waals surface area (Å²) in [6.45, 7) is 7.77. The molecule has 1 aliphatic carbocycles. The SMILES string of the molecule is CCCNC1(C(=O)OC)CCCC1CCN1CCOCC1. The Kier molecular flexibility index (Phi) is 6.45. The zero-order chi connectivity index (χ0) is 15.1. The minimum Gasteiger partial charge on any atom is -0.468 e. The second-order valence-corrected chi connectivity index (χ2v) is 6.22. The third kappa shape index (κ3) is 3.96. The lowest BCUT2D eigenvalue weighted by Gasteiger charge is -2.35. The molecule has 2 unspecified atom stereocenters. The van der Waals surface area contributed by atoms with Crippen molar-refractivity contribution in [1.29, 1.82) is 0 Å². The molecule has 0 spiro atoms. The molecule has 1 aliphatic heterocycles. The fraction of sp³-hybridized carbons (Fsp3) is 0.938. The first kappa shape index (κ1) is 16.7. The van der Waals surface area contributed by atoms with Crippen molar-refractivity contribution in [2.75, 3.05) is 46.5 Å². The number of morpholine rings is 1. The van der Waals surface area contributed by atoms with Gasteiger partial charge in [-0.1, -0.05) is 13.3 Å². The molecule has 0 aromatic heterocycles. The van der Waals surface area contributed by atoms with E-state index in [-0.39, 0.29) is 5.97 Å². The number of ether oxygens (including phenoxy) is 2. The Morgan fingerprint density at radius 3 is 2.86 bits per heavy atom. The van der Waals surface area contributed by atoms with Crippen LogP contribution in [0.2, 0.25) is 0 Å². The summed E-state index contributed by atoms with van der Waals surface area (Å²) in [7, 11) is 1.51. The van der Waals surface area contributed by atoms with Gasteiger partial charge in [0, 0.05) is 13.1 Å². The van der Waals surface area contributed by atoms with Gasteiger partial charge >= 0.3 is 5.97 Å².